The average molecular weight is 326 g/mol. The Morgan fingerprint density at radius 1 is 1.26 bits per heavy atom. The zero-order valence-electron chi connectivity index (χ0n) is 12.0. The van der Waals surface area contributed by atoms with Gasteiger partial charge in [-0.1, -0.05) is 12.1 Å². The van der Waals surface area contributed by atoms with E-state index in [-0.39, 0.29) is 6.42 Å². The standard InChI is InChI=1S/C15H13F3N2O3/c1-8-2-4-10-6-9(3-5-11(10)19-8)7-12(13(21)22)20-14(23)15(16,17)18/h2-6,12H,7H2,1H3,(H,20,23)(H,21,22)/t12-/m1/s1. The van der Waals surface area contributed by atoms with Gasteiger partial charge in [0.2, 0.25) is 0 Å². The van der Waals surface area contributed by atoms with Crippen LogP contribution in [0.2, 0.25) is 0 Å². The first-order valence-corrected chi connectivity index (χ1v) is 6.63. The highest BCUT2D eigenvalue weighted by molar-refractivity contribution is 5.87. The van der Waals surface area contributed by atoms with Crippen LogP contribution in [0.5, 0.6) is 0 Å². The maximum Gasteiger partial charge on any atom is 0.471 e. The van der Waals surface area contributed by atoms with Crippen LogP contribution < -0.4 is 5.32 Å². The van der Waals surface area contributed by atoms with Crippen LogP contribution in [0.15, 0.2) is 30.3 Å². The number of hydrogen-bond donors (Lipinski definition) is 2. The minimum Gasteiger partial charge on any atom is -0.480 e. The second kappa shape index (κ2) is 6.23. The molecule has 1 amide bonds. The Morgan fingerprint density at radius 2 is 1.96 bits per heavy atom. The molecule has 2 rings (SSSR count). The van der Waals surface area contributed by atoms with Crippen LogP contribution in [0.3, 0.4) is 0 Å². The first kappa shape index (κ1) is 16.7. The number of alkyl halides is 3. The lowest BCUT2D eigenvalue weighted by molar-refractivity contribution is -0.175. The number of rotatable bonds is 4. The molecule has 1 aromatic carbocycles. The molecule has 0 bridgehead atoms. The lowest BCUT2D eigenvalue weighted by Gasteiger charge is -2.16. The molecule has 0 spiro atoms. The summed E-state index contributed by atoms with van der Waals surface area (Å²) in [5.41, 5.74) is 1.99. The highest BCUT2D eigenvalue weighted by Gasteiger charge is 2.40. The SMILES string of the molecule is Cc1ccc2cc(C[C@@H](NC(=O)C(F)(F)F)C(=O)O)ccc2n1. The fraction of sp³-hybridized carbons (Fsp3) is 0.267. The molecular weight excluding hydrogens is 313 g/mol. The van der Waals surface area contributed by atoms with Crippen LogP contribution in [0.1, 0.15) is 11.3 Å². The van der Waals surface area contributed by atoms with E-state index >= 15 is 0 Å². The predicted molar refractivity (Wildman–Crippen MR) is 75.8 cm³/mol. The van der Waals surface area contributed by atoms with Gasteiger partial charge in [-0.25, -0.2) is 4.79 Å². The van der Waals surface area contributed by atoms with Gasteiger partial charge in [0, 0.05) is 17.5 Å². The lowest BCUT2D eigenvalue weighted by Crippen LogP contribution is -2.47. The van der Waals surface area contributed by atoms with Crippen LogP contribution in [0, 0.1) is 6.92 Å². The van der Waals surface area contributed by atoms with Crippen molar-refractivity contribution in [3.63, 3.8) is 0 Å². The first-order valence-electron chi connectivity index (χ1n) is 6.63. The van der Waals surface area contributed by atoms with Crippen molar-refractivity contribution in [1.82, 2.24) is 10.3 Å². The molecule has 5 nitrogen and oxygen atoms in total. The molecule has 0 saturated carbocycles. The Hall–Kier alpha value is -2.64. The number of carboxylic acid groups (broad SMARTS) is 1. The molecule has 0 aliphatic rings. The van der Waals surface area contributed by atoms with Crippen LogP contribution in [-0.2, 0) is 16.0 Å². The number of aromatic nitrogens is 1. The van der Waals surface area contributed by atoms with Gasteiger partial charge in [0.05, 0.1) is 5.52 Å². The van der Waals surface area contributed by atoms with Gasteiger partial charge < -0.3 is 10.4 Å². The van der Waals surface area contributed by atoms with Crippen molar-refractivity contribution in [2.24, 2.45) is 0 Å². The number of pyridine rings is 1. The van der Waals surface area contributed by atoms with Gasteiger partial charge in [0.15, 0.2) is 0 Å². The number of hydrogen-bond acceptors (Lipinski definition) is 3. The van der Waals surface area contributed by atoms with Gasteiger partial charge in [-0.3, -0.25) is 9.78 Å². The smallest absolute Gasteiger partial charge is 0.471 e. The third-order valence-electron chi connectivity index (χ3n) is 3.19. The van der Waals surface area contributed by atoms with E-state index in [0.717, 1.165) is 11.1 Å². The zero-order valence-corrected chi connectivity index (χ0v) is 12.0. The summed E-state index contributed by atoms with van der Waals surface area (Å²) < 4.78 is 36.7. The van der Waals surface area contributed by atoms with Crippen LogP contribution in [-0.4, -0.2) is 34.2 Å². The summed E-state index contributed by atoms with van der Waals surface area (Å²) in [6, 6.07) is 6.75. The number of carboxylic acids is 1. The number of benzene rings is 1. The van der Waals surface area contributed by atoms with Gasteiger partial charge in [-0.2, -0.15) is 13.2 Å². The number of nitrogens with zero attached hydrogens (tertiary/aromatic N) is 1. The molecule has 2 aromatic rings. The topological polar surface area (TPSA) is 79.3 Å². The highest BCUT2D eigenvalue weighted by Crippen LogP contribution is 2.18. The quantitative estimate of drug-likeness (QED) is 0.903. The molecule has 1 atom stereocenters. The monoisotopic (exact) mass is 326 g/mol. The number of aryl methyl sites for hydroxylation is 1. The van der Waals surface area contributed by atoms with Gasteiger partial charge in [0.1, 0.15) is 6.04 Å². The van der Waals surface area contributed by atoms with Crippen LogP contribution in [0.4, 0.5) is 13.2 Å². The largest absolute Gasteiger partial charge is 0.480 e. The maximum absolute atomic E-state index is 12.2. The Balaban J connectivity index is 2.21. The number of amides is 1. The van der Waals surface area contributed by atoms with Crippen molar-refractivity contribution >= 4 is 22.8 Å². The highest BCUT2D eigenvalue weighted by atomic mass is 19.4. The summed E-state index contributed by atoms with van der Waals surface area (Å²) in [5, 5.41) is 11.2. The minimum atomic E-state index is -5.13. The third kappa shape index (κ3) is 4.18. The van der Waals surface area contributed by atoms with Crippen molar-refractivity contribution in [3.05, 3.63) is 41.6 Å². The molecule has 1 heterocycles. The summed E-state index contributed by atoms with van der Waals surface area (Å²) in [4.78, 5) is 26.3. The molecule has 0 unspecified atom stereocenters. The van der Waals surface area contributed by atoms with Crippen molar-refractivity contribution in [2.45, 2.75) is 25.6 Å². The van der Waals surface area contributed by atoms with E-state index in [1.807, 2.05) is 6.92 Å². The average Bonchev–Trinajstić information content (AvgIpc) is 2.45. The molecule has 122 valence electrons. The molecule has 2 N–H and O–H groups in total. The Kier molecular flexibility index (Phi) is 4.53. The third-order valence-corrected chi connectivity index (χ3v) is 3.19. The lowest BCUT2D eigenvalue weighted by atomic mass is 10.0. The maximum atomic E-state index is 12.2. The summed E-state index contributed by atoms with van der Waals surface area (Å²) in [6.45, 7) is 1.82. The summed E-state index contributed by atoms with van der Waals surface area (Å²) >= 11 is 0. The summed E-state index contributed by atoms with van der Waals surface area (Å²) in [6.07, 6.45) is -5.39. The Morgan fingerprint density at radius 3 is 2.57 bits per heavy atom. The van der Waals surface area contributed by atoms with E-state index in [2.05, 4.69) is 4.98 Å². The zero-order chi connectivity index (χ0) is 17.2. The number of halogens is 3. The normalized spacial score (nSPS) is 12.9. The number of aliphatic carboxylic acids is 1. The van der Waals surface area contributed by atoms with E-state index in [4.69, 9.17) is 5.11 Å². The number of nitrogens with one attached hydrogen (secondary N) is 1. The Bertz CT molecular complexity index is 759. The van der Waals surface area contributed by atoms with Gasteiger partial charge in [-0.15, -0.1) is 0 Å². The number of carbonyl (C=O) groups is 2. The molecule has 0 aliphatic carbocycles. The van der Waals surface area contributed by atoms with Crippen molar-refractivity contribution in [2.75, 3.05) is 0 Å². The van der Waals surface area contributed by atoms with E-state index in [1.54, 1.807) is 30.3 Å². The molecule has 0 aliphatic heterocycles. The second-order valence-corrected chi connectivity index (χ2v) is 5.05. The second-order valence-electron chi connectivity index (χ2n) is 5.05. The van der Waals surface area contributed by atoms with Crippen molar-refractivity contribution in [3.8, 4) is 0 Å². The van der Waals surface area contributed by atoms with Gasteiger partial charge in [0.25, 0.3) is 0 Å². The fourth-order valence-electron chi connectivity index (χ4n) is 2.08. The van der Waals surface area contributed by atoms with E-state index in [0.29, 0.717) is 11.1 Å². The van der Waals surface area contributed by atoms with Crippen LogP contribution >= 0.6 is 0 Å². The molecule has 0 radical (unpaired) electrons. The first-order chi connectivity index (χ1) is 10.7. The summed E-state index contributed by atoms with van der Waals surface area (Å²) in [7, 11) is 0. The minimum absolute atomic E-state index is 0.263. The number of carbonyl (C=O) groups excluding carboxylic acids is 1. The molecule has 23 heavy (non-hydrogen) atoms. The molecular formula is C15H13F3N2O3. The molecule has 1 aromatic heterocycles. The summed E-state index contributed by atoms with van der Waals surface area (Å²) in [5.74, 6) is -3.81. The van der Waals surface area contributed by atoms with Crippen molar-refractivity contribution < 1.29 is 27.9 Å². The predicted octanol–water partition coefficient (Wildman–Crippen LogP) is 2.22. The molecule has 0 saturated heterocycles. The molecule has 0 fully saturated rings. The fourth-order valence-corrected chi connectivity index (χ4v) is 2.08. The van der Waals surface area contributed by atoms with E-state index in [1.165, 1.54) is 5.32 Å². The Labute approximate surface area is 129 Å². The van der Waals surface area contributed by atoms with Gasteiger partial charge in [-0.05, 0) is 30.7 Å². The number of fused-ring (bicyclic) bond motifs is 1. The van der Waals surface area contributed by atoms with Gasteiger partial charge >= 0.3 is 18.1 Å². The van der Waals surface area contributed by atoms with Crippen LogP contribution in [0.25, 0.3) is 10.9 Å². The van der Waals surface area contributed by atoms with E-state index in [9.17, 15) is 22.8 Å². The van der Waals surface area contributed by atoms with Crippen molar-refractivity contribution in [1.29, 1.82) is 0 Å². The molecule has 8 heteroatoms. The van der Waals surface area contributed by atoms with E-state index < -0.39 is 24.1 Å².